The van der Waals surface area contributed by atoms with Crippen molar-refractivity contribution in [2.24, 2.45) is 0 Å². The van der Waals surface area contributed by atoms with Crippen LogP contribution in [0.15, 0.2) is 22.7 Å². The van der Waals surface area contributed by atoms with E-state index in [9.17, 15) is 5.11 Å². The Morgan fingerprint density at radius 2 is 2.18 bits per heavy atom. The molecule has 0 radical (unpaired) electrons. The van der Waals surface area contributed by atoms with Gasteiger partial charge in [-0.15, -0.1) is 0 Å². The number of anilines is 1. The van der Waals surface area contributed by atoms with Crippen LogP contribution in [0.5, 0.6) is 0 Å². The van der Waals surface area contributed by atoms with Gasteiger partial charge in [0.1, 0.15) is 0 Å². The van der Waals surface area contributed by atoms with Gasteiger partial charge in [-0.05, 0) is 70.6 Å². The molecular weight excluding hydrogens is 397 g/mol. The number of aliphatic hydroxyl groups is 1. The highest BCUT2D eigenvalue weighted by molar-refractivity contribution is 14.1. The van der Waals surface area contributed by atoms with Crippen molar-refractivity contribution in [3.63, 3.8) is 0 Å². The fraction of sp³-hybridized carbons (Fsp3) is 0.500. The summed E-state index contributed by atoms with van der Waals surface area (Å²) in [6, 6.07) is 5.99. The van der Waals surface area contributed by atoms with Crippen molar-refractivity contribution in [2.75, 3.05) is 18.5 Å². The van der Waals surface area contributed by atoms with E-state index in [-0.39, 0.29) is 6.10 Å². The van der Waals surface area contributed by atoms with Gasteiger partial charge in [0.15, 0.2) is 0 Å². The molecule has 1 atom stereocenters. The number of halogens is 2. The molecule has 5 heteroatoms. The molecule has 0 amide bonds. The first-order valence-electron chi connectivity index (χ1n) is 5.47. The monoisotopic (exact) mass is 413 g/mol. The maximum Gasteiger partial charge on any atom is 0.0945 e. The Labute approximate surface area is 124 Å². The van der Waals surface area contributed by atoms with Crippen molar-refractivity contribution in [1.82, 2.24) is 0 Å². The van der Waals surface area contributed by atoms with E-state index in [0.717, 1.165) is 13.7 Å². The zero-order valence-corrected chi connectivity index (χ0v) is 13.7. The second kappa shape index (κ2) is 7.56. The Bertz CT molecular complexity index is 360. The first-order valence-corrected chi connectivity index (χ1v) is 7.35. The van der Waals surface area contributed by atoms with Crippen LogP contribution in [0.3, 0.4) is 0 Å². The maximum atomic E-state index is 9.68. The third kappa shape index (κ3) is 6.03. The molecule has 0 heterocycles. The van der Waals surface area contributed by atoms with Gasteiger partial charge < -0.3 is 15.2 Å². The number of hydrogen-bond donors (Lipinski definition) is 2. The largest absolute Gasteiger partial charge is 0.389 e. The Balaban J connectivity index is 2.36. The second-order valence-corrected chi connectivity index (χ2v) is 6.06. The Morgan fingerprint density at radius 1 is 1.47 bits per heavy atom. The lowest BCUT2D eigenvalue weighted by Gasteiger charge is -2.15. The number of nitrogens with one attached hydrogen (secondary N) is 1. The molecule has 3 nitrogen and oxygen atoms in total. The molecule has 0 aliphatic carbocycles. The lowest BCUT2D eigenvalue weighted by molar-refractivity contribution is 0.0112. The number of rotatable bonds is 6. The highest BCUT2D eigenvalue weighted by atomic mass is 127. The van der Waals surface area contributed by atoms with E-state index in [0.29, 0.717) is 13.2 Å². The van der Waals surface area contributed by atoms with Crippen LogP contribution in [0, 0.1) is 3.57 Å². The van der Waals surface area contributed by atoms with Crippen molar-refractivity contribution in [3.8, 4) is 0 Å². The summed E-state index contributed by atoms with van der Waals surface area (Å²) in [5.74, 6) is 0. The van der Waals surface area contributed by atoms with Crippen LogP contribution in [0.2, 0.25) is 0 Å². The molecule has 0 spiro atoms. The summed E-state index contributed by atoms with van der Waals surface area (Å²) in [6.45, 7) is 4.76. The summed E-state index contributed by atoms with van der Waals surface area (Å²) < 4.78 is 7.55. The van der Waals surface area contributed by atoms with E-state index in [2.05, 4.69) is 43.8 Å². The summed E-state index contributed by atoms with van der Waals surface area (Å²) in [6.07, 6.45) is -0.336. The van der Waals surface area contributed by atoms with Gasteiger partial charge >= 0.3 is 0 Å². The molecular formula is C12H17BrINO2. The fourth-order valence-electron chi connectivity index (χ4n) is 1.20. The lowest BCUT2D eigenvalue weighted by Crippen LogP contribution is -2.26. The molecule has 96 valence electrons. The standard InChI is InChI=1S/C12H17BrINO2/c1-8(2)17-7-10(16)6-15-9-3-4-11(13)12(14)5-9/h3-5,8,10,15-16H,6-7H2,1-2H3. The predicted molar refractivity (Wildman–Crippen MR) is 82.4 cm³/mol. The number of ether oxygens (including phenoxy) is 1. The quantitative estimate of drug-likeness (QED) is 0.703. The zero-order chi connectivity index (χ0) is 12.8. The molecule has 0 saturated carbocycles. The van der Waals surface area contributed by atoms with E-state index >= 15 is 0 Å². The van der Waals surface area contributed by atoms with Crippen LogP contribution in [-0.4, -0.2) is 30.5 Å². The van der Waals surface area contributed by atoms with Gasteiger partial charge in [-0.1, -0.05) is 0 Å². The van der Waals surface area contributed by atoms with Gasteiger partial charge in [0.2, 0.25) is 0 Å². The van der Waals surface area contributed by atoms with Gasteiger partial charge in [-0.25, -0.2) is 0 Å². The van der Waals surface area contributed by atoms with E-state index in [4.69, 9.17) is 4.74 Å². The molecule has 0 bridgehead atoms. The van der Waals surface area contributed by atoms with E-state index in [1.165, 1.54) is 0 Å². The first-order chi connectivity index (χ1) is 7.99. The average Bonchev–Trinajstić information content (AvgIpc) is 2.28. The van der Waals surface area contributed by atoms with Crippen molar-refractivity contribution in [2.45, 2.75) is 26.1 Å². The number of aliphatic hydroxyl groups excluding tert-OH is 1. The van der Waals surface area contributed by atoms with Crippen molar-refractivity contribution < 1.29 is 9.84 Å². The van der Waals surface area contributed by atoms with Crippen LogP contribution >= 0.6 is 38.5 Å². The number of hydrogen-bond acceptors (Lipinski definition) is 3. The minimum atomic E-state index is -0.487. The summed E-state index contributed by atoms with van der Waals surface area (Å²) in [5, 5.41) is 12.9. The molecule has 2 N–H and O–H groups in total. The summed E-state index contributed by atoms with van der Waals surface area (Å²) in [4.78, 5) is 0. The third-order valence-corrected chi connectivity index (χ3v) is 4.41. The minimum Gasteiger partial charge on any atom is -0.389 e. The van der Waals surface area contributed by atoms with Gasteiger partial charge in [0.05, 0.1) is 18.8 Å². The molecule has 0 aliphatic rings. The average molecular weight is 414 g/mol. The van der Waals surface area contributed by atoms with Crippen molar-refractivity contribution in [3.05, 3.63) is 26.2 Å². The smallest absolute Gasteiger partial charge is 0.0945 e. The van der Waals surface area contributed by atoms with Gasteiger partial charge in [0, 0.05) is 20.3 Å². The molecule has 1 rings (SSSR count). The molecule has 17 heavy (non-hydrogen) atoms. The molecule has 0 fully saturated rings. The highest BCUT2D eigenvalue weighted by Crippen LogP contribution is 2.22. The Hall–Kier alpha value is 0.150. The van der Waals surface area contributed by atoms with Crippen LogP contribution in [0.1, 0.15) is 13.8 Å². The molecule has 1 aromatic rings. The molecule has 0 aliphatic heterocycles. The predicted octanol–water partition coefficient (Wildman–Crippen LogP) is 3.25. The maximum absolute atomic E-state index is 9.68. The van der Waals surface area contributed by atoms with Gasteiger partial charge in [0.25, 0.3) is 0 Å². The minimum absolute atomic E-state index is 0.151. The van der Waals surface area contributed by atoms with E-state index in [1.807, 2.05) is 32.0 Å². The number of benzene rings is 1. The Kier molecular flexibility index (Phi) is 6.76. The summed E-state index contributed by atoms with van der Waals surface area (Å²) in [5.41, 5.74) is 1.00. The van der Waals surface area contributed by atoms with E-state index in [1.54, 1.807) is 0 Å². The highest BCUT2D eigenvalue weighted by Gasteiger charge is 2.06. The zero-order valence-electron chi connectivity index (χ0n) is 9.91. The SMILES string of the molecule is CC(C)OCC(O)CNc1ccc(Br)c(I)c1. The van der Waals surface area contributed by atoms with Crippen molar-refractivity contribution in [1.29, 1.82) is 0 Å². The second-order valence-electron chi connectivity index (χ2n) is 4.05. The van der Waals surface area contributed by atoms with Crippen LogP contribution in [-0.2, 0) is 4.74 Å². The fourth-order valence-corrected chi connectivity index (χ4v) is 1.97. The van der Waals surface area contributed by atoms with Gasteiger partial charge in [-0.2, -0.15) is 0 Å². The molecule has 1 aromatic carbocycles. The van der Waals surface area contributed by atoms with E-state index < -0.39 is 6.10 Å². The molecule has 0 saturated heterocycles. The lowest BCUT2D eigenvalue weighted by atomic mass is 10.3. The van der Waals surface area contributed by atoms with Crippen LogP contribution in [0.4, 0.5) is 5.69 Å². The van der Waals surface area contributed by atoms with Crippen LogP contribution in [0.25, 0.3) is 0 Å². The van der Waals surface area contributed by atoms with Crippen molar-refractivity contribution >= 4 is 44.2 Å². The topological polar surface area (TPSA) is 41.5 Å². The summed E-state index contributed by atoms with van der Waals surface area (Å²) >= 11 is 5.70. The van der Waals surface area contributed by atoms with Gasteiger partial charge in [-0.3, -0.25) is 0 Å². The third-order valence-electron chi connectivity index (χ3n) is 2.08. The summed E-state index contributed by atoms with van der Waals surface area (Å²) in [7, 11) is 0. The molecule has 1 unspecified atom stereocenters. The Morgan fingerprint density at radius 3 is 2.76 bits per heavy atom. The molecule has 0 aromatic heterocycles. The normalized spacial score (nSPS) is 12.8. The van der Waals surface area contributed by atoms with Crippen LogP contribution < -0.4 is 5.32 Å². The first kappa shape index (κ1) is 15.2.